The second kappa shape index (κ2) is 8.30. The van der Waals surface area contributed by atoms with E-state index in [0.717, 1.165) is 65.3 Å². The van der Waals surface area contributed by atoms with E-state index in [1.165, 1.54) is 6.42 Å². The Hall–Kier alpha value is -2.94. The van der Waals surface area contributed by atoms with Crippen LogP contribution in [0.5, 0.6) is 5.88 Å². The summed E-state index contributed by atoms with van der Waals surface area (Å²) in [6.07, 6.45) is 5.49. The summed E-state index contributed by atoms with van der Waals surface area (Å²) in [5, 5.41) is 4.64. The Kier molecular flexibility index (Phi) is 5.35. The summed E-state index contributed by atoms with van der Waals surface area (Å²) in [6, 6.07) is 10.1. The number of ether oxygens (including phenoxy) is 1. The minimum Gasteiger partial charge on any atom is -0.479 e. The molecule has 1 aliphatic rings. The monoisotopic (exact) mass is 481 g/mol. The van der Waals surface area contributed by atoms with Crippen molar-refractivity contribution in [3.63, 3.8) is 0 Å². The minimum atomic E-state index is 0.510. The van der Waals surface area contributed by atoms with E-state index < -0.39 is 0 Å². The summed E-state index contributed by atoms with van der Waals surface area (Å²) in [5.74, 6) is 1.92. The molecule has 0 N–H and O–H groups in total. The van der Waals surface area contributed by atoms with E-state index in [4.69, 9.17) is 19.7 Å². The number of fused-ring (bicyclic) bond motifs is 1. The number of halogens is 1. The minimum absolute atomic E-state index is 0.510. The molecule has 0 bridgehead atoms. The van der Waals surface area contributed by atoms with Crippen molar-refractivity contribution in [3.05, 3.63) is 41.3 Å². The van der Waals surface area contributed by atoms with Gasteiger partial charge in [-0.2, -0.15) is 9.97 Å². The lowest BCUT2D eigenvalue weighted by molar-refractivity contribution is 0.395. The summed E-state index contributed by atoms with van der Waals surface area (Å²) in [7, 11) is 1.63. The largest absolute Gasteiger partial charge is 0.479 e. The van der Waals surface area contributed by atoms with Crippen LogP contribution in [-0.4, -0.2) is 49.5 Å². The van der Waals surface area contributed by atoms with E-state index in [0.29, 0.717) is 11.8 Å². The number of hydrogen-bond acceptors (Lipinski definition) is 6. The Morgan fingerprint density at radius 1 is 1.03 bits per heavy atom. The number of benzene rings is 1. The average Bonchev–Trinajstić information content (AvgIpc) is 3.39. The third-order valence-corrected chi connectivity index (χ3v) is 6.26. The van der Waals surface area contributed by atoms with Crippen LogP contribution in [0.25, 0.3) is 28.2 Å². The molecule has 31 heavy (non-hydrogen) atoms. The Bertz CT molecular complexity index is 1210. The molecule has 0 saturated carbocycles. The number of nitrogens with zero attached hydrogens (tertiary/aromatic N) is 7. The zero-order valence-corrected chi connectivity index (χ0v) is 19.2. The molecule has 0 spiro atoms. The standard InChI is InChI=1S/C22H24BrN7O/c1-3-29-19-17(24-21(29)23)18(28-12-8-5-9-13-28)25-22(26-19)30-14-16(20(27-30)31-2)15-10-6-4-7-11-15/h4,6-7,10-11,14H,3,5,8-9,12-13H2,1-2H3. The highest BCUT2D eigenvalue weighted by atomic mass is 79.9. The summed E-state index contributed by atoms with van der Waals surface area (Å²) >= 11 is 3.59. The fraction of sp³-hybridized carbons (Fsp3) is 0.364. The Labute approximate surface area is 189 Å². The molecular formula is C22H24BrN7O. The normalized spacial score (nSPS) is 14.4. The van der Waals surface area contributed by atoms with E-state index in [2.05, 4.69) is 32.9 Å². The molecular weight excluding hydrogens is 458 g/mol. The third kappa shape index (κ3) is 3.56. The molecule has 1 aliphatic heterocycles. The number of aromatic nitrogens is 6. The van der Waals surface area contributed by atoms with Gasteiger partial charge in [0.25, 0.3) is 5.95 Å². The van der Waals surface area contributed by atoms with E-state index >= 15 is 0 Å². The van der Waals surface area contributed by atoms with Crippen LogP contribution in [-0.2, 0) is 6.54 Å². The molecule has 4 heterocycles. The fourth-order valence-corrected chi connectivity index (χ4v) is 4.68. The number of methoxy groups -OCH3 is 1. The Morgan fingerprint density at radius 3 is 2.52 bits per heavy atom. The van der Waals surface area contributed by atoms with Gasteiger partial charge in [0.05, 0.1) is 12.7 Å². The maximum Gasteiger partial charge on any atom is 0.254 e. The van der Waals surface area contributed by atoms with E-state index in [1.54, 1.807) is 11.8 Å². The zero-order valence-electron chi connectivity index (χ0n) is 17.6. The van der Waals surface area contributed by atoms with Crippen LogP contribution in [0.1, 0.15) is 26.2 Å². The van der Waals surface area contributed by atoms with Gasteiger partial charge in [-0.25, -0.2) is 9.67 Å². The lowest BCUT2D eigenvalue weighted by Crippen LogP contribution is -2.30. The molecule has 160 valence electrons. The van der Waals surface area contributed by atoms with Gasteiger partial charge >= 0.3 is 0 Å². The van der Waals surface area contributed by atoms with Gasteiger partial charge < -0.3 is 14.2 Å². The Balaban J connectivity index is 1.69. The van der Waals surface area contributed by atoms with Crippen LogP contribution in [0.4, 0.5) is 5.82 Å². The smallest absolute Gasteiger partial charge is 0.254 e. The molecule has 9 heteroatoms. The van der Waals surface area contributed by atoms with Crippen molar-refractivity contribution in [2.75, 3.05) is 25.1 Å². The van der Waals surface area contributed by atoms with Crippen molar-refractivity contribution < 1.29 is 4.74 Å². The maximum atomic E-state index is 5.56. The van der Waals surface area contributed by atoms with Crippen LogP contribution < -0.4 is 9.64 Å². The van der Waals surface area contributed by atoms with E-state index in [-0.39, 0.29) is 0 Å². The number of imidazole rings is 1. The van der Waals surface area contributed by atoms with Crippen LogP contribution in [0.3, 0.4) is 0 Å². The molecule has 5 rings (SSSR count). The second-order valence-corrected chi connectivity index (χ2v) is 8.26. The molecule has 1 saturated heterocycles. The third-order valence-electron chi connectivity index (χ3n) is 5.65. The van der Waals surface area contributed by atoms with Crippen molar-refractivity contribution in [1.29, 1.82) is 0 Å². The maximum absolute atomic E-state index is 5.56. The van der Waals surface area contributed by atoms with Gasteiger partial charge in [-0.3, -0.25) is 0 Å². The zero-order chi connectivity index (χ0) is 21.4. The molecule has 0 unspecified atom stereocenters. The number of anilines is 1. The highest BCUT2D eigenvalue weighted by Gasteiger charge is 2.23. The van der Waals surface area contributed by atoms with Crippen molar-refractivity contribution in [2.45, 2.75) is 32.7 Å². The van der Waals surface area contributed by atoms with Crippen molar-refractivity contribution in [1.82, 2.24) is 29.3 Å². The van der Waals surface area contributed by atoms with Crippen molar-refractivity contribution in [2.24, 2.45) is 0 Å². The summed E-state index contributed by atoms with van der Waals surface area (Å²) < 4.78 is 10.1. The van der Waals surface area contributed by atoms with Gasteiger partial charge in [-0.1, -0.05) is 30.3 Å². The average molecular weight is 482 g/mol. The highest BCUT2D eigenvalue weighted by Crippen LogP contribution is 2.32. The number of rotatable bonds is 5. The molecule has 8 nitrogen and oxygen atoms in total. The molecule has 0 radical (unpaired) electrons. The summed E-state index contributed by atoms with van der Waals surface area (Å²) in [5.41, 5.74) is 3.55. The molecule has 3 aromatic heterocycles. The molecule has 1 fully saturated rings. The van der Waals surface area contributed by atoms with Crippen molar-refractivity contribution >= 4 is 32.9 Å². The van der Waals surface area contributed by atoms with Crippen LogP contribution in [0, 0.1) is 0 Å². The molecule has 0 amide bonds. The number of aryl methyl sites for hydroxylation is 1. The first-order valence-electron chi connectivity index (χ1n) is 10.6. The van der Waals surface area contributed by atoms with Crippen LogP contribution in [0.15, 0.2) is 41.3 Å². The van der Waals surface area contributed by atoms with Gasteiger partial charge in [0.1, 0.15) is 0 Å². The van der Waals surface area contributed by atoms with Crippen LogP contribution >= 0.6 is 15.9 Å². The number of piperidine rings is 1. The van der Waals surface area contributed by atoms with Gasteiger partial charge in [0.2, 0.25) is 5.88 Å². The predicted molar refractivity (Wildman–Crippen MR) is 124 cm³/mol. The first kappa shape index (κ1) is 20.0. The molecule has 1 aromatic carbocycles. The SMILES string of the molecule is CCn1c(Br)nc2c(N3CCCCC3)nc(-n3cc(-c4ccccc4)c(OC)n3)nc21. The van der Waals surface area contributed by atoms with Gasteiger partial charge in [-0.05, 0) is 47.7 Å². The quantitative estimate of drug-likeness (QED) is 0.391. The first-order chi connectivity index (χ1) is 15.2. The molecule has 0 aliphatic carbocycles. The predicted octanol–water partition coefficient (Wildman–Crippen LogP) is 4.46. The van der Waals surface area contributed by atoms with E-state index in [1.807, 2.05) is 41.1 Å². The lowest BCUT2D eigenvalue weighted by atomic mass is 10.1. The van der Waals surface area contributed by atoms with Gasteiger partial charge in [0.15, 0.2) is 21.7 Å². The van der Waals surface area contributed by atoms with Gasteiger partial charge in [0, 0.05) is 25.8 Å². The molecule has 4 aromatic rings. The lowest BCUT2D eigenvalue weighted by Gasteiger charge is -2.27. The summed E-state index contributed by atoms with van der Waals surface area (Å²) in [6.45, 7) is 4.78. The van der Waals surface area contributed by atoms with Crippen LogP contribution in [0.2, 0.25) is 0 Å². The number of hydrogen-bond donors (Lipinski definition) is 0. The topological polar surface area (TPSA) is 73.9 Å². The second-order valence-electron chi connectivity index (χ2n) is 7.55. The van der Waals surface area contributed by atoms with Gasteiger partial charge in [-0.15, -0.1) is 5.10 Å². The first-order valence-corrected chi connectivity index (χ1v) is 11.4. The highest BCUT2D eigenvalue weighted by molar-refractivity contribution is 9.10. The molecule has 0 atom stereocenters. The summed E-state index contributed by atoms with van der Waals surface area (Å²) in [4.78, 5) is 16.8. The van der Waals surface area contributed by atoms with Crippen molar-refractivity contribution in [3.8, 4) is 23.0 Å². The van der Waals surface area contributed by atoms with E-state index in [9.17, 15) is 0 Å². The fourth-order valence-electron chi connectivity index (χ4n) is 4.08. The Morgan fingerprint density at radius 2 is 1.81 bits per heavy atom.